The van der Waals surface area contributed by atoms with Crippen molar-refractivity contribution in [2.75, 3.05) is 13.7 Å². The lowest BCUT2D eigenvalue weighted by atomic mass is 10.1. The standard InChI is InChI=1S/C16H14Br2O3/c1-10-7-12(4-5-13(10)17)21-9-15(19)11-3-6-16(20-2)14(18)8-11/h3-8H,9H2,1-2H3. The molecule has 0 unspecified atom stereocenters. The molecule has 0 atom stereocenters. The molecule has 21 heavy (non-hydrogen) atoms. The third kappa shape index (κ3) is 4.08. The number of methoxy groups -OCH3 is 1. The van der Waals surface area contributed by atoms with E-state index in [2.05, 4.69) is 31.9 Å². The highest BCUT2D eigenvalue weighted by molar-refractivity contribution is 9.10. The molecule has 2 aromatic carbocycles. The molecule has 0 aromatic heterocycles. The Morgan fingerprint density at radius 2 is 1.86 bits per heavy atom. The van der Waals surface area contributed by atoms with Gasteiger partial charge >= 0.3 is 0 Å². The monoisotopic (exact) mass is 412 g/mol. The molecule has 0 amide bonds. The van der Waals surface area contributed by atoms with Crippen molar-refractivity contribution in [1.29, 1.82) is 0 Å². The number of rotatable bonds is 5. The zero-order valence-corrected chi connectivity index (χ0v) is 14.8. The number of halogens is 2. The summed E-state index contributed by atoms with van der Waals surface area (Å²) in [6.45, 7) is 1.97. The Morgan fingerprint density at radius 3 is 2.48 bits per heavy atom. The molecule has 0 fully saturated rings. The third-order valence-electron chi connectivity index (χ3n) is 2.97. The van der Waals surface area contributed by atoms with Crippen LogP contribution in [0.2, 0.25) is 0 Å². The van der Waals surface area contributed by atoms with Crippen molar-refractivity contribution in [1.82, 2.24) is 0 Å². The number of carbonyl (C=O) groups is 1. The first-order chi connectivity index (χ1) is 10.0. The van der Waals surface area contributed by atoms with Gasteiger partial charge in [0.15, 0.2) is 12.4 Å². The summed E-state index contributed by atoms with van der Waals surface area (Å²) in [5.74, 6) is 1.28. The molecule has 0 saturated heterocycles. The van der Waals surface area contributed by atoms with E-state index in [1.54, 1.807) is 25.3 Å². The van der Waals surface area contributed by atoms with Crippen LogP contribution in [0.1, 0.15) is 15.9 Å². The van der Waals surface area contributed by atoms with Crippen LogP contribution in [0.15, 0.2) is 45.3 Å². The summed E-state index contributed by atoms with van der Waals surface area (Å²) < 4.78 is 12.4. The van der Waals surface area contributed by atoms with Crippen LogP contribution in [0.25, 0.3) is 0 Å². The predicted molar refractivity (Wildman–Crippen MR) is 89.4 cm³/mol. The van der Waals surface area contributed by atoms with Gasteiger partial charge in [-0.1, -0.05) is 15.9 Å². The highest BCUT2D eigenvalue weighted by Crippen LogP contribution is 2.26. The number of ketones is 1. The van der Waals surface area contributed by atoms with E-state index < -0.39 is 0 Å². The lowest BCUT2D eigenvalue weighted by molar-refractivity contribution is 0.0921. The zero-order valence-electron chi connectivity index (χ0n) is 11.7. The van der Waals surface area contributed by atoms with Gasteiger partial charge in [0, 0.05) is 10.0 Å². The second-order valence-electron chi connectivity index (χ2n) is 4.47. The third-order valence-corrected chi connectivity index (χ3v) is 4.48. The highest BCUT2D eigenvalue weighted by atomic mass is 79.9. The van der Waals surface area contributed by atoms with E-state index in [-0.39, 0.29) is 12.4 Å². The van der Waals surface area contributed by atoms with E-state index in [0.717, 1.165) is 14.5 Å². The van der Waals surface area contributed by atoms with Gasteiger partial charge in [0.25, 0.3) is 0 Å². The number of Topliss-reactive ketones (excluding diaryl/α,β-unsaturated/α-hetero) is 1. The Kier molecular flexibility index (Phi) is 5.42. The van der Waals surface area contributed by atoms with Gasteiger partial charge in [0.2, 0.25) is 0 Å². The first kappa shape index (κ1) is 16.0. The molecule has 0 radical (unpaired) electrons. The largest absolute Gasteiger partial charge is 0.496 e. The molecule has 3 nitrogen and oxygen atoms in total. The van der Waals surface area contributed by atoms with Crippen LogP contribution in [0.4, 0.5) is 0 Å². The number of hydrogen-bond donors (Lipinski definition) is 0. The molecule has 0 heterocycles. The molecule has 110 valence electrons. The fraction of sp³-hybridized carbons (Fsp3) is 0.188. The highest BCUT2D eigenvalue weighted by Gasteiger charge is 2.10. The summed E-state index contributed by atoms with van der Waals surface area (Å²) >= 11 is 6.79. The Hall–Kier alpha value is -1.33. The Balaban J connectivity index is 2.04. The van der Waals surface area contributed by atoms with E-state index in [4.69, 9.17) is 9.47 Å². The fourth-order valence-electron chi connectivity index (χ4n) is 1.78. The molecule has 0 N–H and O–H groups in total. The summed E-state index contributed by atoms with van der Waals surface area (Å²) in [6, 6.07) is 10.8. The zero-order chi connectivity index (χ0) is 15.4. The van der Waals surface area contributed by atoms with Crippen LogP contribution in [0.3, 0.4) is 0 Å². The van der Waals surface area contributed by atoms with Crippen molar-refractivity contribution in [2.24, 2.45) is 0 Å². The van der Waals surface area contributed by atoms with Gasteiger partial charge < -0.3 is 9.47 Å². The van der Waals surface area contributed by atoms with Gasteiger partial charge in [-0.2, -0.15) is 0 Å². The van der Waals surface area contributed by atoms with Crippen LogP contribution in [0, 0.1) is 6.92 Å². The van der Waals surface area contributed by atoms with Crippen LogP contribution >= 0.6 is 31.9 Å². The smallest absolute Gasteiger partial charge is 0.200 e. The molecule has 5 heteroatoms. The average molecular weight is 414 g/mol. The first-order valence-electron chi connectivity index (χ1n) is 6.27. The number of benzene rings is 2. The second kappa shape index (κ2) is 7.09. The number of carbonyl (C=O) groups excluding carboxylic acids is 1. The number of hydrogen-bond acceptors (Lipinski definition) is 3. The normalized spacial score (nSPS) is 10.3. The van der Waals surface area contributed by atoms with Gasteiger partial charge in [-0.15, -0.1) is 0 Å². The van der Waals surface area contributed by atoms with Crippen LogP contribution in [-0.4, -0.2) is 19.5 Å². The quantitative estimate of drug-likeness (QED) is 0.661. The van der Waals surface area contributed by atoms with E-state index in [1.165, 1.54) is 0 Å². The predicted octanol–water partition coefficient (Wildman–Crippen LogP) is 4.79. The molecule has 0 aliphatic rings. The molecule has 0 bridgehead atoms. The van der Waals surface area contributed by atoms with E-state index >= 15 is 0 Å². The Morgan fingerprint density at radius 1 is 1.10 bits per heavy atom. The lowest BCUT2D eigenvalue weighted by Gasteiger charge is -2.08. The maximum atomic E-state index is 12.1. The number of aryl methyl sites for hydroxylation is 1. The van der Waals surface area contributed by atoms with Gasteiger partial charge in [-0.3, -0.25) is 4.79 Å². The molecular formula is C16H14Br2O3. The molecule has 0 aliphatic carbocycles. The molecule has 0 aliphatic heterocycles. The molecule has 2 rings (SSSR count). The maximum Gasteiger partial charge on any atom is 0.200 e. The lowest BCUT2D eigenvalue weighted by Crippen LogP contribution is -2.11. The Labute approximate surface area is 140 Å². The average Bonchev–Trinajstić information content (AvgIpc) is 2.48. The van der Waals surface area contributed by atoms with Gasteiger partial charge in [0.1, 0.15) is 11.5 Å². The van der Waals surface area contributed by atoms with Gasteiger partial charge in [-0.25, -0.2) is 0 Å². The minimum absolute atomic E-state index is 0.000158. The molecule has 0 spiro atoms. The van der Waals surface area contributed by atoms with E-state index in [1.807, 2.05) is 25.1 Å². The van der Waals surface area contributed by atoms with Crippen LogP contribution in [0.5, 0.6) is 11.5 Å². The van der Waals surface area contributed by atoms with E-state index in [9.17, 15) is 4.79 Å². The second-order valence-corrected chi connectivity index (χ2v) is 6.18. The molecular weight excluding hydrogens is 400 g/mol. The minimum Gasteiger partial charge on any atom is -0.496 e. The summed E-state index contributed by atoms with van der Waals surface area (Å²) in [6.07, 6.45) is 0. The van der Waals surface area contributed by atoms with Crippen LogP contribution < -0.4 is 9.47 Å². The SMILES string of the molecule is COc1ccc(C(=O)COc2ccc(Br)c(C)c2)cc1Br. The van der Waals surface area contributed by atoms with Crippen molar-refractivity contribution in [3.05, 3.63) is 56.5 Å². The van der Waals surface area contributed by atoms with Crippen molar-refractivity contribution in [2.45, 2.75) is 6.92 Å². The van der Waals surface area contributed by atoms with Crippen LogP contribution in [-0.2, 0) is 0 Å². The van der Waals surface area contributed by atoms with Crippen molar-refractivity contribution in [3.8, 4) is 11.5 Å². The van der Waals surface area contributed by atoms with Crippen molar-refractivity contribution < 1.29 is 14.3 Å². The Bertz CT molecular complexity index is 669. The van der Waals surface area contributed by atoms with Gasteiger partial charge in [-0.05, 0) is 64.8 Å². The van der Waals surface area contributed by atoms with Crippen molar-refractivity contribution >= 4 is 37.6 Å². The van der Waals surface area contributed by atoms with E-state index in [0.29, 0.717) is 17.1 Å². The first-order valence-corrected chi connectivity index (χ1v) is 7.85. The summed E-state index contributed by atoms with van der Waals surface area (Å²) in [5.41, 5.74) is 1.64. The topological polar surface area (TPSA) is 35.5 Å². The summed E-state index contributed by atoms with van der Waals surface area (Å²) in [5, 5.41) is 0. The summed E-state index contributed by atoms with van der Waals surface area (Å²) in [4.78, 5) is 12.1. The minimum atomic E-state index is -0.0843. The van der Waals surface area contributed by atoms with Gasteiger partial charge in [0.05, 0.1) is 11.6 Å². The fourth-order valence-corrected chi connectivity index (χ4v) is 2.57. The van der Waals surface area contributed by atoms with Crippen molar-refractivity contribution in [3.63, 3.8) is 0 Å². The molecule has 0 saturated carbocycles. The molecule has 2 aromatic rings. The maximum absolute atomic E-state index is 12.1. The summed E-state index contributed by atoms with van der Waals surface area (Å²) in [7, 11) is 1.58. The number of ether oxygens (including phenoxy) is 2.